The first-order chi connectivity index (χ1) is 6.81. The van der Waals surface area contributed by atoms with E-state index in [1.165, 1.54) is 17.4 Å². The molecule has 70 valence electrons. The van der Waals surface area contributed by atoms with Gasteiger partial charge in [0.25, 0.3) is 0 Å². The summed E-state index contributed by atoms with van der Waals surface area (Å²) in [6.45, 7) is 0. The maximum Gasteiger partial charge on any atom is 0.150 e. The zero-order chi connectivity index (χ0) is 9.97. The highest BCUT2D eigenvalue weighted by molar-refractivity contribution is 7.13. The third kappa shape index (κ3) is 1.59. The molecule has 1 aromatic heterocycles. The Morgan fingerprint density at radius 2 is 2.14 bits per heavy atom. The first-order valence-corrected chi connectivity index (χ1v) is 4.98. The average Bonchev–Trinajstić information content (AvgIpc) is 2.70. The van der Waals surface area contributed by atoms with Crippen LogP contribution in [0.15, 0.2) is 35.7 Å². The molecule has 0 saturated carbocycles. The van der Waals surface area contributed by atoms with Gasteiger partial charge in [-0.05, 0) is 23.6 Å². The minimum absolute atomic E-state index is 0.350. The fraction of sp³-hybridized carbons (Fsp3) is 0. The van der Waals surface area contributed by atoms with Crippen molar-refractivity contribution in [2.75, 3.05) is 0 Å². The van der Waals surface area contributed by atoms with E-state index < -0.39 is 0 Å². The number of thiophene rings is 1. The molecular formula is C11H7FOS. The van der Waals surface area contributed by atoms with Gasteiger partial charge in [0.1, 0.15) is 12.1 Å². The van der Waals surface area contributed by atoms with Gasteiger partial charge in [-0.1, -0.05) is 12.1 Å². The zero-order valence-electron chi connectivity index (χ0n) is 7.24. The molecule has 1 nitrogen and oxygen atoms in total. The summed E-state index contributed by atoms with van der Waals surface area (Å²) in [4.78, 5) is 11.3. The summed E-state index contributed by atoms with van der Waals surface area (Å²) >= 11 is 1.48. The first kappa shape index (κ1) is 9.09. The number of carbonyl (C=O) groups is 1. The van der Waals surface area contributed by atoms with Crippen LogP contribution in [-0.4, -0.2) is 6.29 Å². The van der Waals surface area contributed by atoms with E-state index in [2.05, 4.69) is 0 Å². The molecule has 0 aliphatic heterocycles. The second-order valence-electron chi connectivity index (χ2n) is 2.83. The fourth-order valence-corrected chi connectivity index (χ4v) is 1.99. The van der Waals surface area contributed by atoms with Gasteiger partial charge in [-0.25, -0.2) is 4.39 Å². The third-order valence-electron chi connectivity index (χ3n) is 1.92. The van der Waals surface area contributed by atoms with Gasteiger partial charge < -0.3 is 0 Å². The molecule has 1 aromatic carbocycles. The Labute approximate surface area is 84.8 Å². The summed E-state index contributed by atoms with van der Waals surface area (Å²) in [5.74, 6) is -0.350. The summed E-state index contributed by atoms with van der Waals surface area (Å²) in [5.41, 5.74) is 0.911. The topological polar surface area (TPSA) is 17.1 Å². The van der Waals surface area contributed by atoms with Crippen LogP contribution in [0.3, 0.4) is 0 Å². The highest BCUT2D eigenvalue weighted by Crippen LogP contribution is 2.27. The molecule has 2 rings (SSSR count). The lowest BCUT2D eigenvalue weighted by molar-refractivity contribution is 0.112. The molecule has 0 bridgehead atoms. The Balaban J connectivity index is 2.51. The van der Waals surface area contributed by atoms with Crippen molar-refractivity contribution in [3.05, 3.63) is 47.1 Å². The molecule has 3 heteroatoms. The van der Waals surface area contributed by atoms with E-state index in [-0.39, 0.29) is 5.82 Å². The van der Waals surface area contributed by atoms with Crippen LogP contribution in [0.2, 0.25) is 0 Å². The van der Waals surface area contributed by atoms with Crippen LogP contribution >= 0.6 is 11.3 Å². The zero-order valence-corrected chi connectivity index (χ0v) is 8.05. The molecule has 2 aromatic rings. The van der Waals surface area contributed by atoms with Gasteiger partial charge >= 0.3 is 0 Å². The molecule has 0 saturated heterocycles. The lowest BCUT2D eigenvalue weighted by atomic mass is 10.1. The van der Waals surface area contributed by atoms with Gasteiger partial charge in [0.2, 0.25) is 0 Å². The highest BCUT2D eigenvalue weighted by Gasteiger charge is 2.06. The van der Waals surface area contributed by atoms with Crippen molar-refractivity contribution >= 4 is 17.6 Å². The fourth-order valence-electron chi connectivity index (χ4n) is 1.24. The SMILES string of the molecule is O=Cc1ccc(-c2cccs2)c(F)c1. The van der Waals surface area contributed by atoms with Crippen molar-refractivity contribution in [1.82, 2.24) is 0 Å². The Bertz CT molecular complexity index is 448. The summed E-state index contributed by atoms with van der Waals surface area (Å²) < 4.78 is 13.4. The number of aldehydes is 1. The standard InChI is InChI=1S/C11H7FOS/c12-10-6-8(7-13)3-4-9(10)11-2-1-5-14-11/h1-7H. The molecule has 1 heterocycles. The summed E-state index contributed by atoms with van der Waals surface area (Å²) in [5, 5.41) is 1.89. The molecule has 14 heavy (non-hydrogen) atoms. The highest BCUT2D eigenvalue weighted by atomic mass is 32.1. The van der Waals surface area contributed by atoms with Crippen molar-refractivity contribution in [1.29, 1.82) is 0 Å². The quantitative estimate of drug-likeness (QED) is 0.688. The van der Waals surface area contributed by atoms with Crippen molar-refractivity contribution in [2.24, 2.45) is 0 Å². The van der Waals surface area contributed by atoms with Crippen LogP contribution in [0.4, 0.5) is 4.39 Å². The van der Waals surface area contributed by atoms with Crippen LogP contribution in [0.1, 0.15) is 10.4 Å². The van der Waals surface area contributed by atoms with Crippen molar-refractivity contribution in [3.8, 4) is 10.4 Å². The number of benzene rings is 1. The summed E-state index contributed by atoms with van der Waals surface area (Å²) in [6, 6.07) is 8.22. The number of halogens is 1. The molecule has 0 atom stereocenters. The summed E-state index contributed by atoms with van der Waals surface area (Å²) in [6.07, 6.45) is 0.640. The molecule has 0 amide bonds. The number of hydrogen-bond acceptors (Lipinski definition) is 2. The largest absolute Gasteiger partial charge is 0.298 e. The lowest BCUT2D eigenvalue weighted by Crippen LogP contribution is -1.85. The van der Waals surface area contributed by atoms with Crippen LogP contribution in [-0.2, 0) is 0 Å². The number of carbonyl (C=O) groups excluding carboxylic acids is 1. The molecule has 0 aliphatic carbocycles. The van der Waals surface area contributed by atoms with Gasteiger partial charge in [-0.3, -0.25) is 4.79 Å². The Kier molecular flexibility index (Phi) is 2.41. The van der Waals surface area contributed by atoms with E-state index in [9.17, 15) is 9.18 Å². The minimum atomic E-state index is -0.350. The molecule has 0 N–H and O–H groups in total. The predicted octanol–water partition coefficient (Wildman–Crippen LogP) is 3.37. The normalized spacial score (nSPS) is 10.1. The first-order valence-electron chi connectivity index (χ1n) is 4.10. The third-order valence-corrected chi connectivity index (χ3v) is 2.82. The van der Waals surface area contributed by atoms with Gasteiger partial charge in [-0.15, -0.1) is 11.3 Å². The average molecular weight is 206 g/mol. The van der Waals surface area contributed by atoms with E-state index >= 15 is 0 Å². The van der Waals surface area contributed by atoms with Crippen LogP contribution in [0, 0.1) is 5.82 Å². The summed E-state index contributed by atoms with van der Waals surface area (Å²) in [7, 11) is 0. The van der Waals surface area contributed by atoms with E-state index in [1.807, 2.05) is 17.5 Å². The smallest absolute Gasteiger partial charge is 0.150 e. The van der Waals surface area contributed by atoms with E-state index in [4.69, 9.17) is 0 Å². The van der Waals surface area contributed by atoms with Gasteiger partial charge in [0, 0.05) is 16.0 Å². The molecular weight excluding hydrogens is 199 g/mol. The number of hydrogen-bond donors (Lipinski definition) is 0. The second-order valence-corrected chi connectivity index (χ2v) is 3.78. The maximum atomic E-state index is 13.4. The van der Waals surface area contributed by atoms with E-state index in [0.717, 1.165) is 4.88 Å². The van der Waals surface area contributed by atoms with Crippen LogP contribution in [0.25, 0.3) is 10.4 Å². The molecule has 0 spiro atoms. The Hall–Kier alpha value is -1.48. The van der Waals surface area contributed by atoms with Crippen LogP contribution in [0.5, 0.6) is 0 Å². The second kappa shape index (κ2) is 3.72. The predicted molar refractivity (Wildman–Crippen MR) is 55.1 cm³/mol. The Morgan fingerprint density at radius 3 is 2.71 bits per heavy atom. The van der Waals surface area contributed by atoms with Crippen molar-refractivity contribution < 1.29 is 9.18 Å². The van der Waals surface area contributed by atoms with Gasteiger partial charge in [0.05, 0.1) is 0 Å². The molecule has 0 aliphatic rings. The maximum absolute atomic E-state index is 13.4. The van der Waals surface area contributed by atoms with Crippen molar-refractivity contribution in [2.45, 2.75) is 0 Å². The van der Waals surface area contributed by atoms with Gasteiger partial charge in [0.15, 0.2) is 0 Å². The van der Waals surface area contributed by atoms with Crippen molar-refractivity contribution in [3.63, 3.8) is 0 Å². The monoisotopic (exact) mass is 206 g/mol. The Morgan fingerprint density at radius 1 is 1.29 bits per heavy atom. The number of rotatable bonds is 2. The van der Waals surface area contributed by atoms with Crippen LogP contribution < -0.4 is 0 Å². The molecule has 0 radical (unpaired) electrons. The lowest BCUT2D eigenvalue weighted by Gasteiger charge is -1.99. The minimum Gasteiger partial charge on any atom is -0.298 e. The van der Waals surface area contributed by atoms with E-state index in [0.29, 0.717) is 17.4 Å². The molecule has 0 fully saturated rings. The molecule has 0 unspecified atom stereocenters. The van der Waals surface area contributed by atoms with Gasteiger partial charge in [-0.2, -0.15) is 0 Å². The van der Waals surface area contributed by atoms with E-state index in [1.54, 1.807) is 12.1 Å².